The van der Waals surface area contributed by atoms with E-state index in [-0.39, 0.29) is 40.1 Å². The molecule has 6 heteroatoms. The van der Waals surface area contributed by atoms with Gasteiger partial charge in [0.1, 0.15) is 5.75 Å². The highest BCUT2D eigenvalue weighted by Crippen LogP contribution is 2.41. The summed E-state index contributed by atoms with van der Waals surface area (Å²) in [7, 11) is 1.40. The maximum atomic E-state index is 13.4. The van der Waals surface area contributed by atoms with Gasteiger partial charge in [0.05, 0.1) is 24.8 Å². The molecule has 0 unspecified atom stereocenters. The Morgan fingerprint density at radius 2 is 1.40 bits per heavy atom. The van der Waals surface area contributed by atoms with Crippen molar-refractivity contribution in [2.45, 2.75) is 73.1 Å². The molecule has 0 heterocycles. The summed E-state index contributed by atoms with van der Waals surface area (Å²) in [6.07, 6.45) is 2.94. The molecule has 0 saturated heterocycles. The Morgan fingerprint density at radius 1 is 0.886 bits per heavy atom. The first-order valence-corrected chi connectivity index (χ1v) is 11.7. The van der Waals surface area contributed by atoms with Gasteiger partial charge in [0, 0.05) is 11.1 Å². The molecule has 0 bridgehead atoms. The van der Waals surface area contributed by atoms with Crippen LogP contribution in [-0.4, -0.2) is 35.7 Å². The number of carbonyl (C=O) groups excluding carboxylic acids is 2. The van der Waals surface area contributed by atoms with Crippen LogP contribution >= 0.6 is 0 Å². The van der Waals surface area contributed by atoms with E-state index in [0.29, 0.717) is 11.1 Å². The molecule has 2 aromatic carbocycles. The Bertz CT molecular complexity index is 1140. The van der Waals surface area contributed by atoms with Crippen molar-refractivity contribution in [1.82, 2.24) is 0 Å². The van der Waals surface area contributed by atoms with E-state index in [4.69, 9.17) is 9.47 Å². The molecule has 0 aliphatic carbocycles. The predicted molar refractivity (Wildman–Crippen MR) is 139 cm³/mol. The van der Waals surface area contributed by atoms with Crippen LogP contribution in [0.1, 0.15) is 97.0 Å². The molecule has 35 heavy (non-hydrogen) atoms. The number of hydrogen-bond donors (Lipinski definition) is 2. The van der Waals surface area contributed by atoms with Gasteiger partial charge in [-0.2, -0.15) is 0 Å². The van der Waals surface area contributed by atoms with E-state index < -0.39 is 17.5 Å². The Hall–Kier alpha value is -3.28. The largest absolute Gasteiger partial charge is 0.507 e. The number of rotatable bonds is 6. The van der Waals surface area contributed by atoms with Crippen LogP contribution in [0.5, 0.6) is 17.2 Å². The number of carbonyl (C=O) groups is 2. The quantitative estimate of drug-likeness (QED) is 0.281. The molecule has 2 N–H and O–H groups in total. The summed E-state index contributed by atoms with van der Waals surface area (Å²) in [5.74, 6) is -1.26. The zero-order chi connectivity index (χ0) is 26.9. The molecule has 0 aliphatic heterocycles. The van der Waals surface area contributed by atoms with Crippen LogP contribution in [0.25, 0.3) is 6.08 Å². The molecule has 0 fully saturated rings. The van der Waals surface area contributed by atoms with Crippen molar-refractivity contribution in [3.8, 4) is 17.2 Å². The van der Waals surface area contributed by atoms with Crippen LogP contribution in [0.4, 0.5) is 0 Å². The molecule has 0 aliphatic rings. The lowest BCUT2D eigenvalue weighted by Gasteiger charge is -2.27. The number of ether oxygens (including phenoxy) is 2. The summed E-state index contributed by atoms with van der Waals surface area (Å²) in [6.45, 7) is 17.3. The first-order valence-electron chi connectivity index (χ1n) is 11.7. The molecule has 2 rings (SSSR count). The van der Waals surface area contributed by atoms with Crippen LogP contribution in [0, 0.1) is 13.8 Å². The molecule has 0 atom stereocenters. The van der Waals surface area contributed by atoms with Crippen LogP contribution in [0.15, 0.2) is 18.2 Å². The van der Waals surface area contributed by atoms with Crippen molar-refractivity contribution in [3.63, 3.8) is 0 Å². The van der Waals surface area contributed by atoms with E-state index in [0.717, 1.165) is 16.7 Å². The van der Waals surface area contributed by atoms with Gasteiger partial charge in [-0.15, -0.1) is 0 Å². The minimum Gasteiger partial charge on any atom is -0.507 e. The zero-order valence-electron chi connectivity index (χ0n) is 22.5. The molecular weight excluding hydrogens is 444 g/mol. The number of esters is 1. The van der Waals surface area contributed by atoms with E-state index in [2.05, 4.69) is 0 Å². The van der Waals surface area contributed by atoms with Crippen molar-refractivity contribution < 1.29 is 29.3 Å². The number of allylic oxidation sites excluding steroid dienone is 1. The lowest BCUT2D eigenvalue weighted by molar-refractivity contribution is 0.0521. The fourth-order valence-corrected chi connectivity index (χ4v) is 4.05. The van der Waals surface area contributed by atoms with E-state index in [1.807, 2.05) is 53.7 Å². The van der Waals surface area contributed by atoms with Crippen molar-refractivity contribution in [3.05, 3.63) is 57.2 Å². The SMILES string of the molecule is CCOC(=O)c1c(C)c(C)c(OC)c(O)c1C(=O)C=Cc1cc(C(C)(C)C)c(O)c(C(C)(C)C)c1. The van der Waals surface area contributed by atoms with E-state index in [1.165, 1.54) is 13.2 Å². The maximum Gasteiger partial charge on any atom is 0.339 e. The van der Waals surface area contributed by atoms with Gasteiger partial charge >= 0.3 is 5.97 Å². The summed E-state index contributed by atoms with van der Waals surface area (Å²) >= 11 is 0. The van der Waals surface area contributed by atoms with Gasteiger partial charge in [-0.3, -0.25) is 4.79 Å². The second-order valence-corrected chi connectivity index (χ2v) is 10.8. The number of benzene rings is 2. The van der Waals surface area contributed by atoms with E-state index in [9.17, 15) is 19.8 Å². The standard InChI is InChI=1S/C29H38O6/c1-11-35-27(33)22-16(2)17(3)26(34-10)25(32)23(22)21(30)13-12-18-14-19(28(4,5)6)24(31)20(15-18)29(7,8)9/h12-15,31-32H,11H2,1-10H3. The Labute approximate surface area is 208 Å². The lowest BCUT2D eigenvalue weighted by atomic mass is 9.78. The summed E-state index contributed by atoms with van der Waals surface area (Å²) in [5.41, 5.74) is 2.52. The fraction of sp³-hybridized carbons (Fsp3) is 0.448. The van der Waals surface area contributed by atoms with Gasteiger partial charge in [0.25, 0.3) is 0 Å². The van der Waals surface area contributed by atoms with Crippen LogP contribution < -0.4 is 4.74 Å². The number of hydrogen-bond acceptors (Lipinski definition) is 6. The second kappa shape index (κ2) is 10.1. The van der Waals surface area contributed by atoms with Crippen molar-refractivity contribution in [1.29, 1.82) is 0 Å². The molecule has 190 valence electrons. The number of methoxy groups -OCH3 is 1. The molecule has 0 spiro atoms. The third-order valence-electron chi connectivity index (χ3n) is 6.09. The topological polar surface area (TPSA) is 93.1 Å². The smallest absolute Gasteiger partial charge is 0.339 e. The van der Waals surface area contributed by atoms with Crippen molar-refractivity contribution in [2.75, 3.05) is 13.7 Å². The molecule has 6 nitrogen and oxygen atoms in total. The highest BCUT2D eigenvalue weighted by molar-refractivity contribution is 6.15. The molecule has 0 aromatic heterocycles. The third kappa shape index (κ3) is 5.69. The average molecular weight is 483 g/mol. The fourth-order valence-electron chi connectivity index (χ4n) is 4.05. The van der Waals surface area contributed by atoms with Crippen LogP contribution in [0.3, 0.4) is 0 Å². The summed E-state index contributed by atoms with van der Waals surface area (Å²) < 4.78 is 10.5. The Balaban J connectivity index is 2.72. The maximum absolute atomic E-state index is 13.4. The Morgan fingerprint density at radius 3 is 1.83 bits per heavy atom. The lowest BCUT2D eigenvalue weighted by Crippen LogP contribution is -2.17. The van der Waals surface area contributed by atoms with Crippen molar-refractivity contribution >= 4 is 17.8 Å². The minimum absolute atomic E-state index is 0.0220. The van der Waals surface area contributed by atoms with Crippen LogP contribution in [0.2, 0.25) is 0 Å². The summed E-state index contributed by atoms with van der Waals surface area (Å²) in [5, 5.41) is 21.8. The van der Waals surface area contributed by atoms with E-state index >= 15 is 0 Å². The monoisotopic (exact) mass is 482 g/mol. The molecule has 0 amide bonds. The van der Waals surface area contributed by atoms with Crippen LogP contribution in [-0.2, 0) is 15.6 Å². The van der Waals surface area contributed by atoms with Gasteiger partial charge in [0.2, 0.25) is 0 Å². The van der Waals surface area contributed by atoms with E-state index in [1.54, 1.807) is 26.8 Å². The molecule has 0 saturated carbocycles. The summed E-state index contributed by atoms with van der Waals surface area (Å²) in [4.78, 5) is 26.1. The van der Waals surface area contributed by atoms with Gasteiger partial charge < -0.3 is 19.7 Å². The number of ketones is 1. The molecule has 0 radical (unpaired) electrons. The van der Waals surface area contributed by atoms with Gasteiger partial charge in [-0.05, 0) is 66.5 Å². The summed E-state index contributed by atoms with van der Waals surface area (Å²) in [6, 6.07) is 3.70. The first-order chi connectivity index (χ1) is 16.1. The third-order valence-corrected chi connectivity index (χ3v) is 6.09. The number of phenols is 2. The van der Waals surface area contributed by atoms with Gasteiger partial charge in [0.15, 0.2) is 17.3 Å². The molecule has 2 aromatic rings. The second-order valence-electron chi connectivity index (χ2n) is 10.8. The average Bonchev–Trinajstić information content (AvgIpc) is 2.73. The highest BCUT2D eigenvalue weighted by atomic mass is 16.5. The first kappa shape index (κ1) is 28.0. The Kier molecular flexibility index (Phi) is 8.10. The van der Waals surface area contributed by atoms with Gasteiger partial charge in [-0.25, -0.2) is 4.79 Å². The minimum atomic E-state index is -0.683. The van der Waals surface area contributed by atoms with Gasteiger partial charge in [-0.1, -0.05) is 47.6 Å². The zero-order valence-corrected chi connectivity index (χ0v) is 22.5. The number of aromatic hydroxyl groups is 2. The molecular formula is C29H38O6. The predicted octanol–water partition coefficient (Wildman–Crippen LogP) is 6.39. The normalized spacial score (nSPS) is 12.2. The highest BCUT2D eigenvalue weighted by Gasteiger charge is 2.29. The van der Waals surface area contributed by atoms with Crippen molar-refractivity contribution in [2.24, 2.45) is 0 Å². The number of phenolic OH excluding ortho intramolecular Hbond substituents is 2.